The molecule has 0 saturated heterocycles. The molecule has 0 bridgehead atoms. The van der Waals surface area contributed by atoms with Gasteiger partial charge in [0.2, 0.25) is 10.0 Å². The number of hydrogen-bond donors (Lipinski definition) is 0. The van der Waals surface area contributed by atoms with Crippen molar-refractivity contribution >= 4 is 26.6 Å². The molecule has 120 valence electrons. The molecule has 0 fully saturated rings. The van der Waals surface area contributed by atoms with Crippen molar-refractivity contribution in [3.8, 4) is 0 Å². The van der Waals surface area contributed by atoms with Crippen molar-refractivity contribution in [2.24, 2.45) is 7.05 Å². The summed E-state index contributed by atoms with van der Waals surface area (Å²) in [6.07, 6.45) is -0.426. The van der Waals surface area contributed by atoms with Crippen LogP contribution in [0.1, 0.15) is 6.92 Å². The van der Waals surface area contributed by atoms with Crippen molar-refractivity contribution in [2.45, 2.75) is 13.0 Å². The first-order valence-electron chi connectivity index (χ1n) is 6.86. The topological polar surface area (TPSA) is 68.6 Å². The smallest absolute Gasteiger partial charge is 0.259 e. The number of pyridine rings is 1. The predicted molar refractivity (Wildman–Crippen MR) is 87.8 cm³/mol. The molecule has 0 aliphatic rings. The Bertz CT molecular complexity index is 842. The summed E-state index contributed by atoms with van der Waals surface area (Å²) < 4.78 is 32.4. The summed E-state index contributed by atoms with van der Waals surface area (Å²) in [4.78, 5) is 12.4. The van der Waals surface area contributed by atoms with Crippen molar-refractivity contribution < 1.29 is 13.2 Å². The van der Waals surface area contributed by atoms with E-state index in [9.17, 15) is 13.2 Å². The second kappa shape index (κ2) is 6.10. The third-order valence-electron chi connectivity index (χ3n) is 3.71. The van der Waals surface area contributed by atoms with Gasteiger partial charge in [-0.2, -0.15) is 0 Å². The number of anilines is 1. The molecule has 2 aromatic rings. The molecule has 1 atom stereocenters. The van der Waals surface area contributed by atoms with Crippen LogP contribution in [0.25, 0.3) is 10.8 Å². The highest BCUT2D eigenvalue weighted by Gasteiger charge is 2.24. The minimum atomic E-state index is -3.58. The van der Waals surface area contributed by atoms with Crippen LogP contribution in [0.4, 0.5) is 5.82 Å². The SMILES string of the molecule is COC(C)CS(=O)(=O)N(C)c1cc2ccccc2c(=O)n1C. The average Bonchev–Trinajstić information content (AvgIpc) is 2.49. The second-order valence-corrected chi connectivity index (χ2v) is 7.29. The molecule has 7 heteroatoms. The van der Waals surface area contributed by atoms with E-state index in [2.05, 4.69) is 0 Å². The largest absolute Gasteiger partial charge is 0.381 e. The van der Waals surface area contributed by atoms with Gasteiger partial charge in [0.15, 0.2) is 0 Å². The van der Waals surface area contributed by atoms with Gasteiger partial charge in [-0.05, 0) is 24.4 Å². The summed E-state index contributed by atoms with van der Waals surface area (Å²) in [6.45, 7) is 1.69. The quantitative estimate of drug-likeness (QED) is 0.832. The number of hydrogen-bond acceptors (Lipinski definition) is 4. The summed E-state index contributed by atoms with van der Waals surface area (Å²) in [7, 11) is 0.891. The lowest BCUT2D eigenvalue weighted by molar-refractivity contribution is 0.136. The maximum atomic E-state index is 12.4. The molecule has 0 spiro atoms. The molecule has 0 amide bonds. The Kier molecular flexibility index (Phi) is 4.58. The minimum absolute atomic E-state index is 0.152. The van der Waals surface area contributed by atoms with Gasteiger partial charge in [-0.1, -0.05) is 18.2 Å². The number of methoxy groups -OCH3 is 1. The Labute approximate surface area is 130 Å². The molecule has 2 rings (SSSR count). The maximum Gasteiger partial charge on any atom is 0.259 e. The molecule has 1 unspecified atom stereocenters. The predicted octanol–water partition coefficient (Wildman–Crippen LogP) is 1.34. The van der Waals surface area contributed by atoms with Crippen LogP contribution in [-0.2, 0) is 21.8 Å². The molecular weight excluding hydrogens is 304 g/mol. The van der Waals surface area contributed by atoms with Gasteiger partial charge in [-0.3, -0.25) is 13.7 Å². The molecule has 0 N–H and O–H groups in total. The van der Waals surface area contributed by atoms with E-state index in [0.29, 0.717) is 16.6 Å². The Morgan fingerprint density at radius 3 is 2.59 bits per heavy atom. The van der Waals surface area contributed by atoms with Gasteiger partial charge < -0.3 is 4.74 Å². The molecule has 6 nitrogen and oxygen atoms in total. The van der Waals surface area contributed by atoms with E-state index < -0.39 is 16.1 Å². The molecule has 0 aliphatic carbocycles. The number of rotatable bonds is 5. The van der Waals surface area contributed by atoms with E-state index >= 15 is 0 Å². The third kappa shape index (κ3) is 3.00. The Hall–Kier alpha value is -1.86. The van der Waals surface area contributed by atoms with E-state index in [1.165, 1.54) is 18.7 Å². The molecule has 1 aromatic carbocycles. The monoisotopic (exact) mass is 324 g/mol. The Morgan fingerprint density at radius 2 is 1.95 bits per heavy atom. The second-order valence-electron chi connectivity index (χ2n) is 5.25. The first-order chi connectivity index (χ1) is 10.3. The highest BCUT2D eigenvalue weighted by atomic mass is 32.2. The molecular formula is C15H20N2O4S. The minimum Gasteiger partial charge on any atom is -0.381 e. The number of benzene rings is 1. The zero-order chi connectivity index (χ0) is 16.5. The van der Waals surface area contributed by atoms with E-state index in [4.69, 9.17) is 4.74 Å². The molecule has 1 aromatic heterocycles. The lowest BCUT2D eigenvalue weighted by Gasteiger charge is -2.23. The average molecular weight is 324 g/mol. The Morgan fingerprint density at radius 1 is 1.32 bits per heavy atom. The van der Waals surface area contributed by atoms with Gasteiger partial charge in [-0.15, -0.1) is 0 Å². The normalized spacial score (nSPS) is 13.3. The number of sulfonamides is 1. The summed E-state index contributed by atoms with van der Waals surface area (Å²) in [5, 5.41) is 1.27. The van der Waals surface area contributed by atoms with Crippen LogP contribution in [0.5, 0.6) is 0 Å². The highest BCUT2D eigenvalue weighted by molar-refractivity contribution is 7.92. The molecule has 22 heavy (non-hydrogen) atoms. The van der Waals surface area contributed by atoms with Crippen molar-refractivity contribution in [3.05, 3.63) is 40.7 Å². The molecule has 1 heterocycles. The Balaban J connectivity index is 2.55. The fourth-order valence-corrected chi connectivity index (χ4v) is 3.67. The standard InChI is InChI=1S/C15H20N2O4S/c1-11(21-4)10-22(19,20)17(3)14-9-12-7-5-6-8-13(12)15(18)16(14)2/h5-9,11H,10H2,1-4H3. The van der Waals surface area contributed by atoms with Gasteiger partial charge in [0.25, 0.3) is 5.56 Å². The fraction of sp³-hybridized carbons (Fsp3) is 0.400. The molecule has 0 aliphatic heterocycles. The van der Waals surface area contributed by atoms with Crippen molar-refractivity contribution in [2.75, 3.05) is 24.2 Å². The number of nitrogens with zero attached hydrogens (tertiary/aromatic N) is 2. The first-order valence-corrected chi connectivity index (χ1v) is 8.47. The van der Waals surface area contributed by atoms with Crippen LogP contribution in [-0.4, -0.2) is 39.0 Å². The van der Waals surface area contributed by atoms with Crippen LogP contribution in [0.15, 0.2) is 35.1 Å². The summed E-state index contributed by atoms with van der Waals surface area (Å²) in [5.41, 5.74) is -0.227. The fourth-order valence-electron chi connectivity index (χ4n) is 2.26. The maximum absolute atomic E-state index is 12.4. The zero-order valence-corrected chi connectivity index (χ0v) is 13.9. The summed E-state index contributed by atoms with van der Waals surface area (Å²) in [6, 6.07) is 8.81. The van der Waals surface area contributed by atoms with Crippen molar-refractivity contribution in [1.82, 2.24) is 4.57 Å². The van der Waals surface area contributed by atoms with Crippen LogP contribution in [0.3, 0.4) is 0 Å². The van der Waals surface area contributed by atoms with Gasteiger partial charge >= 0.3 is 0 Å². The van der Waals surface area contributed by atoms with Crippen LogP contribution >= 0.6 is 0 Å². The van der Waals surface area contributed by atoms with Crippen LogP contribution < -0.4 is 9.86 Å². The van der Waals surface area contributed by atoms with Gasteiger partial charge in [-0.25, -0.2) is 8.42 Å². The van der Waals surface area contributed by atoms with E-state index in [1.54, 1.807) is 38.2 Å². The van der Waals surface area contributed by atoms with Gasteiger partial charge in [0, 0.05) is 26.6 Å². The number of fused-ring (bicyclic) bond motifs is 1. The first kappa shape index (κ1) is 16.5. The molecule has 0 radical (unpaired) electrons. The van der Waals surface area contributed by atoms with Crippen LogP contribution in [0.2, 0.25) is 0 Å². The lowest BCUT2D eigenvalue weighted by atomic mass is 10.2. The van der Waals surface area contributed by atoms with E-state index in [1.807, 2.05) is 6.07 Å². The van der Waals surface area contributed by atoms with Gasteiger partial charge in [0.05, 0.1) is 11.9 Å². The van der Waals surface area contributed by atoms with E-state index in [0.717, 1.165) is 4.31 Å². The van der Waals surface area contributed by atoms with Crippen molar-refractivity contribution in [3.63, 3.8) is 0 Å². The zero-order valence-electron chi connectivity index (χ0n) is 13.1. The van der Waals surface area contributed by atoms with Crippen LogP contribution in [0, 0.1) is 0 Å². The van der Waals surface area contributed by atoms with Gasteiger partial charge in [0.1, 0.15) is 5.82 Å². The van der Waals surface area contributed by atoms with E-state index in [-0.39, 0.29) is 11.3 Å². The van der Waals surface area contributed by atoms with Crippen molar-refractivity contribution in [1.29, 1.82) is 0 Å². The highest BCUT2D eigenvalue weighted by Crippen LogP contribution is 2.20. The lowest BCUT2D eigenvalue weighted by Crippen LogP contribution is -2.36. The molecule has 0 saturated carbocycles. The third-order valence-corrected chi connectivity index (χ3v) is 5.62. The summed E-state index contributed by atoms with van der Waals surface area (Å²) in [5.74, 6) is 0.174. The summed E-state index contributed by atoms with van der Waals surface area (Å²) >= 11 is 0. The number of aromatic nitrogens is 1. The number of ether oxygens (including phenoxy) is 1.